The fourth-order valence-corrected chi connectivity index (χ4v) is 3.40. The van der Waals surface area contributed by atoms with Gasteiger partial charge in [0.15, 0.2) is 0 Å². The lowest BCUT2D eigenvalue weighted by molar-refractivity contribution is 0.104. The Bertz CT molecular complexity index is 377. The molecule has 2 N–H and O–H groups in total. The van der Waals surface area contributed by atoms with E-state index in [1.54, 1.807) is 0 Å². The minimum atomic E-state index is 0.0946. The van der Waals surface area contributed by atoms with Crippen molar-refractivity contribution < 1.29 is 0 Å². The van der Waals surface area contributed by atoms with Gasteiger partial charge < -0.3 is 5.73 Å². The Hall–Kier alpha value is -0.930. The molecule has 0 radical (unpaired) electrons. The van der Waals surface area contributed by atoms with E-state index in [1.807, 2.05) is 12.3 Å². The molecule has 4 unspecified atom stereocenters. The van der Waals surface area contributed by atoms with Crippen LogP contribution in [-0.4, -0.2) is 29.0 Å². The van der Waals surface area contributed by atoms with E-state index >= 15 is 0 Å². The third kappa shape index (κ3) is 3.54. The number of hydrogen-bond acceptors (Lipinski definition) is 3. The average molecular weight is 261 g/mol. The highest BCUT2D eigenvalue weighted by Gasteiger charge is 2.30. The molecular weight excluding hydrogens is 234 g/mol. The Labute approximate surface area is 117 Å². The summed E-state index contributed by atoms with van der Waals surface area (Å²) in [7, 11) is 2.21. The van der Waals surface area contributed by atoms with E-state index in [1.165, 1.54) is 25.7 Å². The summed E-state index contributed by atoms with van der Waals surface area (Å²) in [6, 6.07) is 7.06. The van der Waals surface area contributed by atoms with Crippen molar-refractivity contribution in [1.82, 2.24) is 9.88 Å². The number of likely N-dealkylation sites (N-methyl/N-ethyl adjacent to an activating group) is 1. The molecule has 0 saturated heterocycles. The highest BCUT2D eigenvalue weighted by Crippen LogP contribution is 2.32. The van der Waals surface area contributed by atoms with Crippen LogP contribution in [0.3, 0.4) is 0 Å². The van der Waals surface area contributed by atoms with Crippen LogP contribution in [0.15, 0.2) is 24.4 Å². The molecule has 106 valence electrons. The summed E-state index contributed by atoms with van der Waals surface area (Å²) in [5, 5.41) is 0. The summed E-state index contributed by atoms with van der Waals surface area (Å²) in [6.07, 6.45) is 7.15. The van der Waals surface area contributed by atoms with Crippen molar-refractivity contribution in [3.63, 3.8) is 0 Å². The molecule has 1 aromatic heterocycles. The number of nitrogens with two attached hydrogens (primary N) is 1. The molecule has 0 spiro atoms. The van der Waals surface area contributed by atoms with E-state index in [0.29, 0.717) is 6.04 Å². The smallest absolute Gasteiger partial charge is 0.0670 e. The first-order chi connectivity index (χ1) is 9.09. The Morgan fingerprint density at radius 3 is 2.74 bits per heavy atom. The van der Waals surface area contributed by atoms with Crippen molar-refractivity contribution in [1.29, 1.82) is 0 Å². The minimum absolute atomic E-state index is 0.0946. The molecule has 1 aromatic rings. The maximum absolute atomic E-state index is 6.23. The summed E-state index contributed by atoms with van der Waals surface area (Å²) in [4.78, 5) is 6.97. The zero-order valence-corrected chi connectivity index (χ0v) is 12.4. The Morgan fingerprint density at radius 2 is 2.16 bits per heavy atom. The molecule has 0 aromatic carbocycles. The molecule has 3 heteroatoms. The maximum atomic E-state index is 6.23. The molecule has 3 nitrogen and oxygen atoms in total. The van der Waals surface area contributed by atoms with Crippen LogP contribution in [0.1, 0.15) is 51.3 Å². The molecule has 1 heterocycles. The van der Waals surface area contributed by atoms with Crippen LogP contribution >= 0.6 is 0 Å². The van der Waals surface area contributed by atoms with Gasteiger partial charge in [0.1, 0.15) is 0 Å². The van der Waals surface area contributed by atoms with Gasteiger partial charge in [0.05, 0.1) is 11.7 Å². The molecular formula is C16H27N3. The van der Waals surface area contributed by atoms with Gasteiger partial charge in [0.2, 0.25) is 0 Å². The van der Waals surface area contributed by atoms with Crippen molar-refractivity contribution in [3.05, 3.63) is 30.1 Å². The maximum Gasteiger partial charge on any atom is 0.0670 e. The molecule has 0 amide bonds. The summed E-state index contributed by atoms with van der Waals surface area (Å²) in [5.74, 6) is 0.832. The first-order valence-electron chi connectivity index (χ1n) is 7.48. The van der Waals surface area contributed by atoms with Crippen LogP contribution in [0.4, 0.5) is 0 Å². The second kappa shape index (κ2) is 6.49. The van der Waals surface area contributed by atoms with Crippen molar-refractivity contribution in [2.45, 2.75) is 57.7 Å². The Balaban J connectivity index is 2.15. The quantitative estimate of drug-likeness (QED) is 0.906. The largest absolute Gasteiger partial charge is 0.326 e. The van der Waals surface area contributed by atoms with Gasteiger partial charge >= 0.3 is 0 Å². The van der Waals surface area contributed by atoms with E-state index in [-0.39, 0.29) is 12.1 Å². The Morgan fingerprint density at radius 1 is 1.37 bits per heavy atom. The lowest BCUT2D eigenvalue weighted by Gasteiger charge is -2.40. The predicted molar refractivity (Wildman–Crippen MR) is 79.8 cm³/mol. The molecule has 1 aliphatic carbocycles. The molecule has 2 rings (SSSR count). The van der Waals surface area contributed by atoms with Gasteiger partial charge in [-0.3, -0.25) is 9.88 Å². The Kier molecular flexibility index (Phi) is 4.94. The average Bonchev–Trinajstić information content (AvgIpc) is 2.39. The van der Waals surface area contributed by atoms with Crippen LogP contribution in [0.25, 0.3) is 0 Å². The molecule has 19 heavy (non-hydrogen) atoms. The van der Waals surface area contributed by atoms with Crippen LogP contribution in [0, 0.1) is 5.92 Å². The van der Waals surface area contributed by atoms with E-state index in [4.69, 9.17) is 5.73 Å². The lowest BCUT2D eigenvalue weighted by Crippen LogP contribution is -2.44. The third-order valence-corrected chi connectivity index (χ3v) is 4.41. The van der Waals surface area contributed by atoms with Gasteiger partial charge in [0.25, 0.3) is 0 Å². The van der Waals surface area contributed by atoms with Crippen LogP contribution in [0.2, 0.25) is 0 Å². The van der Waals surface area contributed by atoms with E-state index in [9.17, 15) is 0 Å². The molecule has 1 saturated carbocycles. The van der Waals surface area contributed by atoms with Crippen LogP contribution in [0.5, 0.6) is 0 Å². The second-order valence-electron chi connectivity index (χ2n) is 6.15. The van der Waals surface area contributed by atoms with Gasteiger partial charge in [-0.1, -0.05) is 25.8 Å². The summed E-state index contributed by atoms with van der Waals surface area (Å²) in [6.45, 7) is 4.45. The van der Waals surface area contributed by atoms with E-state index in [0.717, 1.165) is 11.6 Å². The van der Waals surface area contributed by atoms with E-state index < -0.39 is 0 Å². The normalized spacial score (nSPS) is 27.2. The molecule has 4 atom stereocenters. The number of rotatable bonds is 4. The van der Waals surface area contributed by atoms with Crippen molar-refractivity contribution >= 4 is 0 Å². The van der Waals surface area contributed by atoms with Crippen LogP contribution in [-0.2, 0) is 0 Å². The van der Waals surface area contributed by atoms with Crippen molar-refractivity contribution in [2.24, 2.45) is 11.7 Å². The van der Waals surface area contributed by atoms with Gasteiger partial charge in [-0.05, 0) is 44.9 Å². The van der Waals surface area contributed by atoms with E-state index in [2.05, 4.69) is 42.9 Å². The molecule has 1 fully saturated rings. The monoisotopic (exact) mass is 261 g/mol. The van der Waals surface area contributed by atoms with Crippen LogP contribution < -0.4 is 5.73 Å². The lowest BCUT2D eigenvalue weighted by atomic mass is 9.85. The fraction of sp³-hybridized carbons (Fsp3) is 0.688. The van der Waals surface area contributed by atoms with Crippen molar-refractivity contribution in [2.75, 3.05) is 7.05 Å². The summed E-state index contributed by atoms with van der Waals surface area (Å²) < 4.78 is 0. The van der Waals surface area contributed by atoms with Gasteiger partial charge in [-0.25, -0.2) is 0 Å². The zero-order chi connectivity index (χ0) is 13.8. The summed E-state index contributed by atoms with van der Waals surface area (Å²) >= 11 is 0. The molecule has 1 aliphatic rings. The minimum Gasteiger partial charge on any atom is -0.326 e. The number of pyridine rings is 1. The fourth-order valence-electron chi connectivity index (χ4n) is 3.40. The van der Waals surface area contributed by atoms with Crippen molar-refractivity contribution in [3.8, 4) is 0 Å². The first-order valence-corrected chi connectivity index (χ1v) is 7.48. The standard InChI is InChI=1S/C16H27N3/c1-12-7-6-8-14(11-12)19(3)16(13(2)17)15-9-4-5-10-18-15/h4-5,9-10,12-14,16H,6-8,11,17H2,1-3H3. The number of aromatic nitrogens is 1. The first kappa shape index (κ1) is 14.5. The summed E-state index contributed by atoms with van der Waals surface area (Å²) in [5.41, 5.74) is 7.32. The van der Waals surface area contributed by atoms with Gasteiger partial charge in [0, 0.05) is 18.3 Å². The SMILES string of the molecule is CC1CCCC(N(C)C(c2ccccn2)C(C)N)C1. The predicted octanol–water partition coefficient (Wildman–Crippen LogP) is 2.98. The molecule has 0 aliphatic heterocycles. The van der Waals surface area contributed by atoms with Gasteiger partial charge in [-0.2, -0.15) is 0 Å². The topological polar surface area (TPSA) is 42.2 Å². The molecule has 0 bridgehead atoms. The highest BCUT2D eigenvalue weighted by atomic mass is 15.2. The number of nitrogens with zero attached hydrogens (tertiary/aromatic N) is 2. The second-order valence-corrected chi connectivity index (χ2v) is 6.15. The zero-order valence-electron chi connectivity index (χ0n) is 12.4. The van der Waals surface area contributed by atoms with Gasteiger partial charge in [-0.15, -0.1) is 0 Å². The highest BCUT2D eigenvalue weighted by molar-refractivity contribution is 5.11. The third-order valence-electron chi connectivity index (χ3n) is 4.41. The number of hydrogen-bond donors (Lipinski definition) is 1.